The fraction of sp³-hybridized carbons (Fsp3) is 0.462. The van der Waals surface area contributed by atoms with Crippen LogP contribution in [0.3, 0.4) is 0 Å². The van der Waals surface area contributed by atoms with E-state index in [1.165, 1.54) is 0 Å². The number of hydrogen-bond acceptors (Lipinski definition) is 1. The molecule has 0 unspecified atom stereocenters. The molecule has 0 atom stereocenters. The highest BCUT2D eigenvalue weighted by Crippen LogP contribution is 2.26. The second-order valence-electron chi connectivity index (χ2n) is 4.54. The number of likely N-dealkylation sites (tertiary alicyclic amines) is 1. The molecule has 0 saturated carbocycles. The van der Waals surface area contributed by atoms with Crippen LogP contribution in [0.15, 0.2) is 18.2 Å². The Morgan fingerprint density at radius 1 is 1.38 bits per heavy atom. The predicted octanol–water partition coefficient (Wildman–Crippen LogP) is 3.31. The van der Waals surface area contributed by atoms with Crippen LogP contribution in [0.5, 0.6) is 0 Å². The van der Waals surface area contributed by atoms with E-state index in [0.29, 0.717) is 16.5 Å². The number of amides is 1. The number of carbonyl (C=O) groups excluding carboxylic acids is 1. The van der Waals surface area contributed by atoms with Crippen molar-refractivity contribution in [3.8, 4) is 0 Å². The van der Waals surface area contributed by atoms with Crippen molar-refractivity contribution < 1.29 is 4.79 Å². The summed E-state index contributed by atoms with van der Waals surface area (Å²) < 4.78 is 0. The summed E-state index contributed by atoms with van der Waals surface area (Å²) >= 11 is 6.16. The van der Waals surface area contributed by atoms with Crippen LogP contribution in [-0.2, 0) is 0 Å². The molecule has 0 aromatic heterocycles. The van der Waals surface area contributed by atoms with Gasteiger partial charge in [-0.1, -0.05) is 31.5 Å². The molecule has 1 aliphatic heterocycles. The number of halogens is 1. The van der Waals surface area contributed by atoms with Gasteiger partial charge in [-0.2, -0.15) is 0 Å². The molecule has 16 heavy (non-hydrogen) atoms. The van der Waals surface area contributed by atoms with Gasteiger partial charge in [-0.25, -0.2) is 0 Å². The zero-order valence-corrected chi connectivity index (χ0v) is 10.4. The fourth-order valence-electron chi connectivity index (χ4n) is 1.83. The summed E-state index contributed by atoms with van der Waals surface area (Å²) in [5, 5.41) is 0.696. The highest BCUT2D eigenvalue weighted by molar-refractivity contribution is 6.31. The molecule has 0 aliphatic carbocycles. The Morgan fingerprint density at radius 3 is 2.50 bits per heavy atom. The molecule has 3 heteroatoms. The minimum atomic E-state index is 0.100. The van der Waals surface area contributed by atoms with Crippen LogP contribution in [0.1, 0.15) is 42.1 Å². The van der Waals surface area contributed by atoms with Crippen molar-refractivity contribution in [2.24, 2.45) is 0 Å². The van der Waals surface area contributed by atoms with E-state index in [4.69, 9.17) is 11.6 Å². The average Bonchev–Trinajstić information content (AvgIpc) is 2.14. The molecule has 0 bridgehead atoms. The molecule has 1 aromatic carbocycles. The van der Waals surface area contributed by atoms with Gasteiger partial charge < -0.3 is 4.90 Å². The lowest BCUT2D eigenvalue weighted by Crippen LogP contribution is -2.42. The Labute approximate surface area is 101 Å². The van der Waals surface area contributed by atoms with Gasteiger partial charge >= 0.3 is 0 Å². The van der Waals surface area contributed by atoms with E-state index in [9.17, 15) is 4.79 Å². The highest BCUT2D eigenvalue weighted by Gasteiger charge is 2.22. The molecule has 1 aromatic rings. The van der Waals surface area contributed by atoms with Crippen LogP contribution >= 0.6 is 11.6 Å². The summed E-state index contributed by atoms with van der Waals surface area (Å²) in [6.45, 7) is 5.95. The van der Waals surface area contributed by atoms with Gasteiger partial charge in [0, 0.05) is 23.7 Å². The molecular formula is C13H16ClNO. The second kappa shape index (κ2) is 4.46. The monoisotopic (exact) mass is 237 g/mol. The lowest BCUT2D eigenvalue weighted by Gasteiger charge is -2.31. The van der Waals surface area contributed by atoms with Crippen molar-refractivity contribution in [2.75, 3.05) is 13.1 Å². The van der Waals surface area contributed by atoms with Crippen molar-refractivity contribution >= 4 is 17.5 Å². The Kier molecular flexibility index (Phi) is 3.20. The zero-order valence-electron chi connectivity index (χ0n) is 9.66. The predicted molar refractivity (Wildman–Crippen MR) is 66.1 cm³/mol. The van der Waals surface area contributed by atoms with Crippen LogP contribution in [0.25, 0.3) is 0 Å². The van der Waals surface area contributed by atoms with Gasteiger partial charge in [-0.05, 0) is 30.0 Å². The van der Waals surface area contributed by atoms with Crippen molar-refractivity contribution in [3.05, 3.63) is 34.3 Å². The van der Waals surface area contributed by atoms with Crippen LogP contribution in [-0.4, -0.2) is 23.9 Å². The molecule has 1 amide bonds. The first-order valence-electron chi connectivity index (χ1n) is 5.68. The van der Waals surface area contributed by atoms with Gasteiger partial charge in [0.2, 0.25) is 0 Å². The molecule has 2 nitrogen and oxygen atoms in total. The first kappa shape index (κ1) is 11.5. The van der Waals surface area contributed by atoms with E-state index >= 15 is 0 Å². The fourth-order valence-corrected chi connectivity index (χ4v) is 2.23. The first-order chi connectivity index (χ1) is 7.59. The van der Waals surface area contributed by atoms with Crippen molar-refractivity contribution in [2.45, 2.75) is 26.2 Å². The molecule has 1 fully saturated rings. The third-order valence-electron chi connectivity index (χ3n) is 3.01. The van der Waals surface area contributed by atoms with E-state index in [0.717, 1.165) is 25.1 Å². The summed E-state index contributed by atoms with van der Waals surface area (Å²) in [7, 11) is 0. The van der Waals surface area contributed by atoms with Crippen molar-refractivity contribution in [1.82, 2.24) is 4.90 Å². The van der Waals surface area contributed by atoms with E-state index in [-0.39, 0.29) is 5.91 Å². The Bertz CT molecular complexity index is 410. The molecular weight excluding hydrogens is 222 g/mol. The lowest BCUT2D eigenvalue weighted by molar-refractivity contribution is 0.0652. The molecule has 0 spiro atoms. The quantitative estimate of drug-likeness (QED) is 0.773. The van der Waals surface area contributed by atoms with Crippen LogP contribution in [0.4, 0.5) is 0 Å². The van der Waals surface area contributed by atoms with Gasteiger partial charge in [0.1, 0.15) is 0 Å². The smallest absolute Gasteiger partial charge is 0.253 e. The highest BCUT2D eigenvalue weighted by atomic mass is 35.5. The molecule has 1 aliphatic rings. The molecule has 1 saturated heterocycles. The summed E-state index contributed by atoms with van der Waals surface area (Å²) in [6, 6.07) is 5.62. The van der Waals surface area contributed by atoms with E-state index in [2.05, 4.69) is 13.8 Å². The molecule has 86 valence electrons. The largest absolute Gasteiger partial charge is 0.339 e. The maximum Gasteiger partial charge on any atom is 0.253 e. The summed E-state index contributed by atoms with van der Waals surface area (Å²) in [4.78, 5) is 13.8. The third kappa shape index (κ3) is 2.07. The second-order valence-corrected chi connectivity index (χ2v) is 4.94. The normalized spacial score (nSPS) is 15.1. The number of nitrogens with zero attached hydrogens (tertiary/aromatic N) is 1. The summed E-state index contributed by atoms with van der Waals surface area (Å²) in [5.74, 6) is 0.490. The van der Waals surface area contributed by atoms with E-state index in [1.807, 2.05) is 17.0 Å². The van der Waals surface area contributed by atoms with Gasteiger partial charge in [0.05, 0.1) is 0 Å². The number of rotatable bonds is 2. The van der Waals surface area contributed by atoms with Gasteiger partial charge in [0.15, 0.2) is 0 Å². The number of carbonyl (C=O) groups is 1. The molecule has 1 heterocycles. The zero-order chi connectivity index (χ0) is 11.7. The minimum Gasteiger partial charge on any atom is -0.339 e. The number of hydrogen-bond donors (Lipinski definition) is 0. The topological polar surface area (TPSA) is 20.3 Å². The van der Waals surface area contributed by atoms with Crippen molar-refractivity contribution in [3.63, 3.8) is 0 Å². The first-order valence-corrected chi connectivity index (χ1v) is 6.06. The summed E-state index contributed by atoms with van der Waals surface area (Å²) in [5.41, 5.74) is 1.80. The minimum absolute atomic E-state index is 0.100. The maximum absolute atomic E-state index is 11.9. The van der Waals surface area contributed by atoms with Crippen LogP contribution < -0.4 is 0 Å². The van der Waals surface area contributed by atoms with Crippen LogP contribution in [0.2, 0.25) is 5.02 Å². The molecule has 0 radical (unpaired) electrons. The summed E-state index contributed by atoms with van der Waals surface area (Å²) in [6.07, 6.45) is 1.11. The molecule has 2 rings (SSSR count). The Balaban J connectivity index is 2.23. The Morgan fingerprint density at radius 2 is 2.06 bits per heavy atom. The SMILES string of the molecule is CC(C)c1ccc(C(=O)N2CCC2)cc1Cl. The standard InChI is InChI=1S/C13H16ClNO/c1-9(2)11-5-4-10(8-12(11)14)13(16)15-6-3-7-15/h4-5,8-9H,3,6-7H2,1-2H3. The van der Waals surface area contributed by atoms with Gasteiger partial charge in [-0.3, -0.25) is 4.79 Å². The van der Waals surface area contributed by atoms with E-state index < -0.39 is 0 Å². The van der Waals surface area contributed by atoms with Gasteiger partial charge in [-0.15, -0.1) is 0 Å². The Hall–Kier alpha value is -1.02. The average molecular weight is 238 g/mol. The molecule has 0 N–H and O–H groups in total. The van der Waals surface area contributed by atoms with Crippen LogP contribution in [0, 0.1) is 0 Å². The maximum atomic E-state index is 11.9. The van der Waals surface area contributed by atoms with Gasteiger partial charge in [0.25, 0.3) is 5.91 Å². The number of benzene rings is 1. The lowest BCUT2D eigenvalue weighted by atomic mass is 10.0. The third-order valence-corrected chi connectivity index (χ3v) is 3.34. The van der Waals surface area contributed by atoms with Crippen molar-refractivity contribution in [1.29, 1.82) is 0 Å². The van der Waals surface area contributed by atoms with E-state index in [1.54, 1.807) is 6.07 Å².